The minimum atomic E-state index is -4.50. The van der Waals surface area contributed by atoms with Gasteiger partial charge in [-0.3, -0.25) is 9.59 Å². The number of hydrogen-bond acceptors (Lipinski definition) is 8. The molecule has 2 aliphatic heterocycles. The summed E-state index contributed by atoms with van der Waals surface area (Å²) >= 11 is 0. The summed E-state index contributed by atoms with van der Waals surface area (Å²) in [7, 11) is 1.56. The van der Waals surface area contributed by atoms with Crippen molar-refractivity contribution in [1.82, 2.24) is 14.9 Å². The van der Waals surface area contributed by atoms with Gasteiger partial charge in [-0.15, -0.1) is 0 Å². The molecule has 0 unspecified atom stereocenters. The highest BCUT2D eigenvalue weighted by molar-refractivity contribution is 5.87. The Kier molecular flexibility index (Phi) is 9.07. The molecule has 2 bridgehead atoms. The van der Waals surface area contributed by atoms with E-state index in [1.807, 2.05) is 13.0 Å². The molecule has 1 aromatic carbocycles. The zero-order valence-corrected chi connectivity index (χ0v) is 26.5. The highest BCUT2D eigenvalue weighted by Gasteiger charge is 2.62. The summed E-state index contributed by atoms with van der Waals surface area (Å²) in [6.45, 7) is 7.26. The van der Waals surface area contributed by atoms with E-state index in [1.54, 1.807) is 40.0 Å². The minimum Gasteiger partial charge on any atom is -0.497 e. The first-order valence-corrected chi connectivity index (χ1v) is 15.7. The van der Waals surface area contributed by atoms with Gasteiger partial charge in [0.05, 0.1) is 49.5 Å². The Labute approximate surface area is 261 Å². The molecular formula is C33H42F3N3O6. The van der Waals surface area contributed by atoms with Crippen molar-refractivity contribution in [3.63, 3.8) is 0 Å². The fourth-order valence-corrected chi connectivity index (χ4v) is 6.85. The lowest BCUT2D eigenvalue weighted by atomic mass is 9.77. The number of carbonyl (C=O) groups excluding carboxylic acids is 3. The molecule has 9 nitrogen and oxygen atoms in total. The third-order valence-electron chi connectivity index (χ3n) is 9.63. The number of fused-ring (bicyclic) bond motifs is 5. The Morgan fingerprint density at radius 1 is 1.11 bits per heavy atom. The Balaban J connectivity index is 1.51. The lowest BCUT2D eigenvalue weighted by Gasteiger charge is -2.34. The van der Waals surface area contributed by atoms with E-state index in [2.05, 4.69) is 0 Å². The van der Waals surface area contributed by atoms with Crippen LogP contribution in [0.4, 0.5) is 13.2 Å². The molecule has 0 radical (unpaired) electrons. The predicted octanol–water partition coefficient (Wildman–Crippen LogP) is 5.85. The topological polar surface area (TPSA) is 108 Å². The molecule has 6 atom stereocenters. The number of ether oxygens (including phenoxy) is 3. The molecule has 45 heavy (non-hydrogen) atoms. The van der Waals surface area contributed by atoms with Crippen LogP contribution >= 0.6 is 0 Å². The maximum Gasteiger partial charge on any atom is 0.392 e. The van der Waals surface area contributed by atoms with Gasteiger partial charge >= 0.3 is 12.1 Å². The number of methoxy groups -OCH3 is 1. The Morgan fingerprint density at radius 3 is 2.53 bits per heavy atom. The first-order valence-electron chi connectivity index (χ1n) is 15.7. The van der Waals surface area contributed by atoms with Gasteiger partial charge in [-0.25, -0.2) is 9.97 Å². The molecule has 246 valence electrons. The number of aromatic nitrogens is 2. The van der Waals surface area contributed by atoms with Crippen LogP contribution < -0.4 is 9.47 Å². The quantitative estimate of drug-likeness (QED) is 0.306. The lowest BCUT2D eigenvalue weighted by Crippen LogP contribution is -2.46. The first kappa shape index (κ1) is 32.9. The average molecular weight is 634 g/mol. The Bertz CT molecular complexity index is 1440. The number of aldehydes is 1. The van der Waals surface area contributed by atoms with Gasteiger partial charge in [0.15, 0.2) is 0 Å². The summed E-state index contributed by atoms with van der Waals surface area (Å²) < 4.78 is 58.3. The fourth-order valence-electron chi connectivity index (χ4n) is 6.85. The van der Waals surface area contributed by atoms with E-state index >= 15 is 0 Å². The SMILES string of the molecule is COc1ccc2nc3c(nc2c1)O[C@H]1CN(C(=O)[C@H](C(C)(C)C)CC(=O)O[C@]2(CC(F)(F)F)C[C@H]2CCCCC3)[C@H](C=O)[C@@H]1C. The van der Waals surface area contributed by atoms with E-state index in [-0.39, 0.29) is 13.0 Å². The summed E-state index contributed by atoms with van der Waals surface area (Å²) in [6, 6.07) is 4.54. The maximum atomic E-state index is 14.1. The summed E-state index contributed by atoms with van der Waals surface area (Å²) in [4.78, 5) is 50.7. The van der Waals surface area contributed by atoms with Gasteiger partial charge in [0.1, 0.15) is 29.4 Å². The zero-order chi connectivity index (χ0) is 32.7. The van der Waals surface area contributed by atoms with Gasteiger partial charge in [0.25, 0.3) is 0 Å². The molecule has 0 spiro atoms. The molecule has 12 heteroatoms. The number of aryl methyl sites for hydroxylation is 1. The summed E-state index contributed by atoms with van der Waals surface area (Å²) in [6.07, 6.45) is -2.74. The van der Waals surface area contributed by atoms with Gasteiger partial charge < -0.3 is 23.9 Å². The monoisotopic (exact) mass is 633 g/mol. The van der Waals surface area contributed by atoms with Crippen molar-refractivity contribution in [2.24, 2.45) is 23.2 Å². The number of benzene rings is 1. The standard InChI is InChI=1S/C33H42F3N3O6/c1-19-26(17-40)39-16-27(19)44-29-24(37-23-12-11-21(43-5)13-25(23)38-29)10-8-6-7-9-20-15-32(20,18-33(34,35)36)45-28(41)14-22(30(39)42)31(2,3)4/h11-13,17,19-20,22,26-27H,6-10,14-16,18H2,1-5H3/t19-,20+,22+,26+,27-,32-/m0/s1. The number of carbonyl (C=O) groups is 3. The second-order valence-electron chi connectivity index (χ2n) is 13.9. The third-order valence-corrected chi connectivity index (χ3v) is 9.63. The van der Waals surface area contributed by atoms with Crippen LogP contribution in [0.15, 0.2) is 18.2 Å². The number of amides is 1. The fraction of sp³-hybridized carbons (Fsp3) is 0.667. The average Bonchev–Trinajstić information content (AvgIpc) is 3.50. The first-order chi connectivity index (χ1) is 21.1. The highest BCUT2D eigenvalue weighted by Crippen LogP contribution is 2.56. The van der Waals surface area contributed by atoms with Gasteiger partial charge in [-0.2, -0.15) is 13.2 Å². The van der Waals surface area contributed by atoms with Gasteiger partial charge in [-0.05, 0) is 43.2 Å². The van der Waals surface area contributed by atoms with Crippen molar-refractivity contribution in [3.8, 4) is 11.6 Å². The van der Waals surface area contributed by atoms with E-state index in [4.69, 9.17) is 24.2 Å². The second kappa shape index (κ2) is 12.4. The number of esters is 1. The van der Waals surface area contributed by atoms with Gasteiger partial charge in [0.2, 0.25) is 11.8 Å². The van der Waals surface area contributed by atoms with Crippen LogP contribution in [0.3, 0.4) is 0 Å². The normalized spacial score (nSPS) is 30.0. The number of rotatable bonds is 3. The van der Waals surface area contributed by atoms with E-state index < -0.39 is 71.8 Å². The molecule has 1 aliphatic carbocycles. The van der Waals surface area contributed by atoms with E-state index in [0.717, 1.165) is 6.42 Å². The number of hydrogen-bond donors (Lipinski definition) is 0. The van der Waals surface area contributed by atoms with Crippen LogP contribution in [0, 0.1) is 23.2 Å². The molecule has 1 saturated carbocycles. The molecule has 1 saturated heterocycles. The van der Waals surface area contributed by atoms with Crippen molar-refractivity contribution in [2.75, 3.05) is 13.7 Å². The van der Waals surface area contributed by atoms with Crippen LogP contribution in [0.1, 0.15) is 78.3 Å². The van der Waals surface area contributed by atoms with Crippen molar-refractivity contribution in [3.05, 3.63) is 23.9 Å². The lowest BCUT2D eigenvalue weighted by molar-refractivity contribution is -0.182. The smallest absolute Gasteiger partial charge is 0.392 e. The maximum absolute atomic E-state index is 14.1. The van der Waals surface area contributed by atoms with Gasteiger partial charge in [-0.1, -0.05) is 40.5 Å². The van der Waals surface area contributed by atoms with Crippen LogP contribution in [-0.2, 0) is 25.5 Å². The minimum absolute atomic E-state index is 0.0718. The van der Waals surface area contributed by atoms with Crippen molar-refractivity contribution in [2.45, 2.75) is 103 Å². The molecule has 3 aliphatic rings. The summed E-state index contributed by atoms with van der Waals surface area (Å²) in [5.41, 5.74) is -0.485. The molecule has 3 heterocycles. The van der Waals surface area contributed by atoms with Crippen LogP contribution in [0.5, 0.6) is 11.6 Å². The van der Waals surface area contributed by atoms with Crippen LogP contribution in [-0.4, -0.2) is 70.6 Å². The van der Waals surface area contributed by atoms with Crippen molar-refractivity contribution < 1.29 is 41.8 Å². The molecule has 0 N–H and O–H groups in total. The number of nitrogens with zero attached hydrogens (tertiary/aromatic N) is 3. The summed E-state index contributed by atoms with van der Waals surface area (Å²) in [5, 5.41) is 0. The Hall–Kier alpha value is -3.44. The molecule has 2 aromatic rings. The van der Waals surface area contributed by atoms with E-state index in [1.165, 1.54) is 4.90 Å². The number of alkyl halides is 3. The Morgan fingerprint density at radius 2 is 1.87 bits per heavy atom. The van der Waals surface area contributed by atoms with Crippen LogP contribution in [0.25, 0.3) is 11.0 Å². The zero-order valence-electron chi connectivity index (χ0n) is 26.5. The summed E-state index contributed by atoms with van der Waals surface area (Å²) in [5.74, 6) is -2.08. The third kappa shape index (κ3) is 7.19. The highest BCUT2D eigenvalue weighted by atomic mass is 19.4. The van der Waals surface area contributed by atoms with E-state index in [9.17, 15) is 27.6 Å². The van der Waals surface area contributed by atoms with Crippen molar-refractivity contribution >= 4 is 29.2 Å². The molecule has 1 aromatic heterocycles. The molecule has 2 fully saturated rings. The molecular weight excluding hydrogens is 591 g/mol. The van der Waals surface area contributed by atoms with E-state index in [0.29, 0.717) is 60.3 Å². The predicted molar refractivity (Wildman–Crippen MR) is 159 cm³/mol. The largest absolute Gasteiger partial charge is 0.497 e. The number of halogens is 3. The molecule has 5 rings (SSSR count). The van der Waals surface area contributed by atoms with Gasteiger partial charge in [0, 0.05) is 17.9 Å². The van der Waals surface area contributed by atoms with Crippen LogP contribution in [0.2, 0.25) is 0 Å². The molecule has 1 amide bonds. The second-order valence-corrected chi connectivity index (χ2v) is 13.9. The van der Waals surface area contributed by atoms with Crippen molar-refractivity contribution in [1.29, 1.82) is 0 Å².